The van der Waals surface area contributed by atoms with E-state index in [1.54, 1.807) is 24.9 Å². The van der Waals surface area contributed by atoms with Gasteiger partial charge >= 0.3 is 0 Å². The summed E-state index contributed by atoms with van der Waals surface area (Å²) >= 11 is 0. The van der Waals surface area contributed by atoms with E-state index in [9.17, 15) is 0 Å². The molecule has 0 aromatic rings. The first kappa shape index (κ1) is 8.89. The minimum Gasteiger partial charge on any atom is -0.304 e. The molecule has 0 N–H and O–H groups in total. The van der Waals surface area contributed by atoms with Crippen molar-refractivity contribution in [2.24, 2.45) is 0 Å². The van der Waals surface area contributed by atoms with E-state index in [-0.39, 0.29) is 0 Å². The van der Waals surface area contributed by atoms with Gasteiger partial charge in [-0.05, 0) is 6.92 Å². The molecule has 1 fully saturated rings. The molecule has 9 heavy (non-hydrogen) atoms. The van der Waals surface area contributed by atoms with Crippen molar-refractivity contribution in [1.29, 1.82) is 0 Å². The van der Waals surface area contributed by atoms with Crippen LogP contribution in [0.3, 0.4) is 0 Å². The molecule has 0 saturated carbocycles. The molecule has 1 rings (SSSR count). The lowest BCUT2D eigenvalue weighted by Gasteiger charge is -2.04. The number of hydrogen-bond acceptors (Lipinski definition) is 1. The average molecular weight is 144 g/mol. The molecule has 0 amide bonds. The van der Waals surface area contributed by atoms with Crippen molar-refractivity contribution in [2.75, 3.05) is 0 Å². The van der Waals surface area contributed by atoms with Crippen LogP contribution in [0.15, 0.2) is 0 Å². The topological polar surface area (TPSA) is 17.1 Å². The quantitative estimate of drug-likeness (QED) is 0.371. The first-order valence-corrected chi connectivity index (χ1v) is 5.81. The van der Waals surface area contributed by atoms with E-state index in [1.807, 2.05) is 0 Å². The van der Waals surface area contributed by atoms with Crippen molar-refractivity contribution in [3.05, 3.63) is 0 Å². The molecule has 1 heterocycles. The third-order valence-corrected chi connectivity index (χ3v) is 3.50. The summed E-state index contributed by atoms with van der Waals surface area (Å²) < 4.78 is 0. The van der Waals surface area contributed by atoms with Crippen LogP contribution < -0.4 is 0 Å². The van der Waals surface area contributed by atoms with E-state index >= 15 is 0 Å². The average Bonchev–Trinajstić information content (AvgIpc) is 1.93. The zero-order chi connectivity index (χ0) is 6.95. The second-order valence-corrected chi connectivity index (χ2v) is 4.48. The standard InChI is InChI=1S/C5H12Si.C2H4O/c1-2-4-6-5-3-1;1-2-3/h1-6H2;2H,1H3. The van der Waals surface area contributed by atoms with Crippen LogP contribution in [-0.2, 0) is 4.79 Å². The normalized spacial score (nSPS) is 17.4. The molecule has 0 spiro atoms. The molecule has 0 radical (unpaired) electrons. The second kappa shape index (κ2) is 7.89. The fourth-order valence-corrected chi connectivity index (χ4v) is 2.83. The fraction of sp³-hybridized carbons (Fsp3) is 0.857. The van der Waals surface area contributed by atoms with Gasteiger partial charge in [-0.25, -0.2) is 0 Å². The van der Waals surface area contributed by atoms with Gasteiger partial charge in [0.25, 0.3) is 0 Å². The number of hydrogen-bond donors (Lipinski definition) is 0. The Kier molecular flexibility index (Phi) is 7.79. The molecule has 0 bridgehead atoms. The van der Waals surface area contributed by atoms with E-state index in [0.29, 0.717) is 9.52 Å². The minimum atomic E-state index is 0.508. The molecule has 1 nitrogen and oxygen atoms in total. The van der Waals surface area contributed by atoms with Crippen LogP contribution in [0.25, 0.3) is 0 Å². The highest BCUT2D eigenvalue weighted by molar-refractivity contribution is 6.35. The highest BCUT2D eigenvalue weighted by Gasteiger charge is 1.96. The number of aldehydes is 1. The smallest absolute Gasteiger partial charge is 0.116 e. The fourth-order valence-electron chi connectivity index (χ4n) is 1.06. The summed E-state index contributed by atoms with van der Waals surface area (Å²) in [6, 6.07) is 3.28. The maximum Gasteiger partial charge on any atom is 0.116 e. The molecular weight excluding hydrogens is 128 g/mol. The predicted molar refractivity (Wildman–Crippen MR) is 43.7 cm³/mol. The van der Waals surface area contributed by atoms with Crippen molar-refractivity contribution in [3.63, 3.8) is 0 Å². The highest BCUT2D eigenvalue weighted by atomic mass is 28.2. The van der Waals surface area contributed by atoms with Gasteiger partial charge in [0.1, 0.15) is 6.29 Å². The van der Waals surface area contributed by atoms with Crippen LogP contribution in [0.1, 0.15) is 26.2 Å². The Hall–Kier alpha value is -0.113. The Labute approximate surface area is 59.7 Å². The Morgan fingerprint density at radius 2 is 1.67 bits per heavy atom. The van der Waals surface area contributed by atoms with Gasteiger partial charge in [0.2, 0.25) is 0 Å². The Morgan fingerprint density at radius 3 is 1.78 bits per heavy atom. The van der Waals surface area contributed by atoms with E-state index in [2.05, 4.69) is 0 Å². The monoisotopic (exact) mass is 144 g/mol. The van der Waals surface area contributed by atoms with Crippen molar-refractivity contribution in [1.82, 2.24) is 0 Å². The molecule has 0 aliphatic carbocycles. The van der Waals surface area contributed by atoms with Crippen LogP contribution in [0.2, 0.25) is 12.1 Å². The van der Waals surface area contributed by atoms with Gasteiger partial charge < -0.3 is 4.79 Å². The first-order valence-electron chi connectivity index (χ1n) is 3.81. The molecule has 0 unspecified atom stereocenters. The largest absolute Gasteiger partial charge is 0.304 e. The summed E-state index contributed by atoms with van der Waals surface area (Å²) in [5, 5.41) is 0. The van der Waals surface area contributed by atoms with E-state index in [0.717, 1.165) is 6.29 Å². The second-order valence-electron chi connectivity index (χ2n) is 2.36. The van der Waals surface area contributed by atoms with E-state index < -0.39 is 0 Å². The summed E-state index contributed by atoms with van der Waals surface area (Å²) in [7, 11) is 0.508. The van der Waals surface area contributed by atoms with Crippen LogP contribution >= 0.6 is 0 Å². The van der Waals surface area contributed by atoms with Crippen LogP contribution in [0.4, 0.5) is 0 Å². The Balaban J connectivity index is 0.000000187. The molecule has 0 atom stereocenters. The van der Waals surface area contributed by atoms with Crippen molar-refractivity contribution >= 4 is 15.8 Å². The lowest BCUT2D eigenvalue weighted by atomic mass is 10.3. The maximum absolute atomic E-state index is 8.81. The zero-order valence-corrected chi connectivity index (χ0v) is 7.64. The molecule has 1 aliphatic rings. The molecule has 2 heteroatoms. The SMILES string of the molecule is C1CC[SiH2]CC1.CC=O. The summed E-state index contributed by atoms with van der Waals surface area (Å²) in [6.45, 7) is 1.44. The molecule has 0 aromatic carbocycles. The molecule has 54 valence electrons. The summed E-state index contributed by atoms with van der Waals surface area (Å²) in [5.41, 5.74) is 0. The van der Waals surface area contributed by atoms with Crippen LogP contribution in [0, 0.1) is 0 Å². The van der Waals surface area contributed by atoms with Gasteiger partial charge in [0.05, 0.1) is 0 Å². The van der Waals surface area contributed by atoms with Gasteiger partial charge in [-0.1, -0.05) is 31.4 Å². The number of carbonyl (C=O) groups excluding carboxylic acids is 1. The third-order valence-electron chi connectivity index (χ3n) is 1.50. The van der Waals surface area contributed by atoms with Crippen molar-refractivity contribution < 1.29 is 4.79 Å². The Bertz CT molecular complexity index is 48.4. The molecule has 1 aliphatic heterocycles. The number of rotatable bonds is 0. The van der Waals surface area contributed by atoms with Gasteiger partial charge in [0.15, 0.2) is 0 Å². The lowest BCUT2D eigenvalue weighted by Crippen LogP contribution is -1.94. The molecule has 0 aromatic heterocycles. The third kappa shape index (κ3) is 7.89. The van der Waals surface area contributed by atoms with E-state index in [4.69, 9.17) is 4.79 Å². The summed E-state index contributed by atoms with van der Waals surface area (Å²) in [4.78, 5) is 8.81. The summed E-state index contributed by atoms with van der Waals surface area (Å²) in [6.07, 6.45) is 5.41. The highest BCUT2D eigenvalue weighted by Crippen LogP contribution is 2.10. The zero-order valence-electron chi connectivity index (χ0n) is 6.23. The minimum absolute atomic E-state index is 0.508. The number of carbonyl (C=O) groups is 1. The molecular formula is C7H16OSi. The van der Waals surface area contributed by atoms with Gasteiger partial charge in [-0.3, -0.25) is 0 Å². The van der Waals surface area contributed by atoms with Crippen LogP contribution in [0.5, 0.6) is 0 Å². The summed E-state index contributed by atoms with van der Waals surface area (Å²) in [5.74, 6) is 0. The first-order chi connectivity index (χ1) is 4.41. The van der Waals surface area contributed by atoms with E-state index in [1.165, 1.54) is 13.3 Å². The van der Waals surface area contributed by atoms with Crippen molar-refractivity contribution in [2.45, 2.75) is 38.3 Å². The Morgan fingerprint density at radius 1 is 1.22 bits per heavy atom. The van der Waals surface area contributed by atoms with Gasteiger partial charge in [-0.2, -0.15) is 0 Å². The van der Waals surface area contributed by atoms with Gasteiger partial charge in [0, 0.05) is 9.52 Å². The predicted octanol–water partition coefficient (Wildman–Crippen LogP) is 1.38. The molecule has 1 saturated heterocycles. The van der Waals surface area contributed by atoms with Crippen LogP contribution in [-0.4, -0.2) is 15.8 Å². The van der Waals surface area contributed by atoms with Crippen molar-refractivity contribution in [3.8, 4) is 0 Å². The lowest BCUT2D eigenvalue weighted by molar-refractivity contribution is -0.106. The maximum atomic E-state index is 8.81. The van der Waals surface area contributed by atoms with Gasteiger partial charge in [-0.15, -0.1) is 0 Å².